The topological polar surface area (TPSA) is 41.1 Å². The first-order valence-corrected chi connectivity index (χ1v) is 7.42. The van der Waals surface area contributed by atoms with Crippen molar-refractivity contribution >= 4 is 17.6 Å². The largest absolute Gasteiger partial charge is 0.334 e. The van der Waals surface area contributed by atoms with E-state index >= 15 is 0 Å². The maximum atomic E-state index is 12.1. The van der Waals surface area contributed by atoms with Gasteiger partial charge >= 0.3 is 6.03 Å². The van der Waals surface area contributed by atoms with Gasteiger partial charge in [-0.05, 0) is 30.0 Å². The highest BCUT2D eigenvalue weighted by atomic mass is 35.5. The summed E-state index contributed by atoms with van der Waals surface area (Å²) in [4.78, 5) is 12.1. The van der Waals surface area contributed by atoms with Crippen LogP contribution in [0.25, 0.3) is 0 Å². The molecule has 0 bridgehead atoms. The average molecular weight is 301 g/mol. The quantitative estimate of drug-likeness (QED) is 0.885. The van der Waals surface area contributed by atoms with E-state index in [9.17, 15) is 4.79 Å². The fourth-order valence-corrected chi connectivity index (χ4v) is 2.65. The zero-order valence-electron chi connectivity index (χ0n) is 11.6. The molecule has 1 aliphatic carbocycles. The summed E-state index contributed by atoms with van der Waals surface area (Å²) < 4.78 is 0. The van der Waals surface area contributed by atoms with E-state index in [0.29, 0.717) is 11.6 Å². The molecule has 0 saturated heterocycles. The van der Waals surface area contributed by atoms with Crippen molar-refractivity contribution in [3.8, 4) is 0 Å². The first-order valence-electron chi connectivity index (χ1n) is 7.05. The smallest absolute Gasteiger partial charge is 0.315 e. The number of carbonyl (C=O) groups is 1. The Morgan fingerprint density at radius 3 is 2.38 bits per heavy atom. The van der Waals surface area contributed by atoms with Gasteiger partial charge in [-0.1, -0.05) is 60.1 Å². The summed E-state index contributed by atoms with van der Waals surface area (Å²) in [6.07, 6.45) is 1.97. The summed E-state index contributed by atoms with van der Waals surface area (Å²) in [7, 11) is 0. The van der Waals surface area contributed by atoms with Crippen molar-refractivity contribution in [2.24, 2.45) is 0 Å². The van der Waals surface area contributed by atoms with Crippen LogP contribution < -0.4 is 10.6 Å². The lowest BCUT2D eigenvalue weighted by atomic mass is 10.1. The molecule has 2 aromatic rings. The second-order valence-electron chi connectivity index (χ2n) is 5.35. The van der Waals surface area contributed by atoms with Gasteiger partial charge in [0.1, 0.15) is 0 Å². The molecule has 1 fully saturated rings. The summed E-state index contributed by atoms with van der Waals surface area (Å²) in [6, 6.07) is 17.5. The van der Waals surface area contributed by atoms with Gasteiger partial charge in [-0.25, -0.2) is 4.79 Å². The Balaban J connectivity index is 1.59. The monoisotopic (exact) mass is 300 g/mol. The summed E-state index contributed by atoms with van der Waals surface area (Å²) in [6.45, 7) is 0.427. The Bertz CT molecular complexity index is 638. The number of hydrogen-bond acceptors (Lipinski definition) is 1. The SMILES string of the molecule is O=C(NCc1ccccc1Cl)NC1(c2ccccc2)CC1. The standard InChI is InChI=1S/C17H17ClN2O/c18-15-9-5-4-6-13(15)12-19-16(21)20-17(10-11-17)14-7-2-1-3-8-14/h1-9H,10-12H2,(H2,19,20,21). The van der Waals surface area contributed by atoms with Crippen molar-refractivity contribution in [1.82, 2.24) is 10.6 Å². The predicted molar refractivity (Wildman–Crippen MR) is 84.2 cm³/mol. The van der Waals surface area contributed by atoms with Crippen molar-refractivity contribution in [1.29, 1.82) is 0 Å². The summed E-state index contributed by atoms with van der Waals surface area (Å²) in [5.74, 6) is 0. The summed E-state index contributed by atoms with van der Waals surface area (Å²) in [5.41, 5.74) is 1.89. The lowest BCUT2D eigenvalue weighted by Gasteiger charge is -2.18. The Hall–Kier alpha value is -2.00. The van der Waals surface area contributed by atoms with Gasteiger partial charge in [0.15, 0.2) is 0 Å². The lowest BCUT2D eigenvalue weighted by molar-refractivity contribution is 0.235. The van der Waals surface area contributed by atoms with E-state index in [-0.39, 0.29) is 11.6 Å². The molecule has 0 radical (unpaired) electrons. The van der Waals surface area contributed by atoms with Crippen LogP contribution in [0.5, 0.6) is 0 Å². The van der Waals surface area contributed by atoms with Gasteiger partial charge in [-0.3, -0.25) is 0 Å². The number of halogens is 1. The van der Waals surface area contributed by atoms with Gasteiger partial charge in [0.05, 0.1) is 5.54 Å². The van der Waals surface area contributed by atoms with Crippen LogP contribution in [0.3, 0.4) is 0 Å². The number of amides is 2. The minimum atomic E-state index is -0.189. The van der Waals surface area contributed by atoms with E-state index in [2.05, 4.69) is 22.8 Å². The Morgan fingerprint density at radius 2 is 1.71 bits per heavy atom. The van der Waals surface area contributed by atoms with Gasteiger partial charge in [-0.2, -0.15) is 0 Å². The molecule has 3 nitrogen and oxygen atoms in total. The molecule has 2 aromatic carbocycles. The molecule has 21 heavy (non-hydrogen) atoms. The molecular formula is C17H17ClN2O. The lowest BCUT2D eigenvalue weighted by Crippen LogP contribution is -2.41. The van der Waals surface area contributed by atoms with Crippen LogP contribution in [0.1, 0.15) is 24.0 Å². The minimum Gasteiger partial charge on any atom is -0.334 e. The van der Waals surface area contributed by atoms with E-state index in [1.807, 2.05) is 42.5 Å². The second kappa shape index (κ2) is 5.78. The van der Waals surface area contributed by atoms with Crippen LogP contribution in [0.4, 0.5) is 4.79 Å². The maximum absolute atomic E-state index is 12.1. The minimum absolute atomic E-state index is 0.156. The number of urea groups is 1. The van der Waals surface area contributed by atoms with Crippen LogP contribution in [-0.2, 0) is 12.1 Å². The number of hydrogen-bond donors (Lipinski definition) is 2. The van der Waals surface area contributed by atoms with Crippen LogP contribution in [-0.4, -0.2) is 6.03 Å². The normalized spacial score (nSPS) is 15.3. The van der Waals surface area contributed by atoms with Gasteiger partial charge in [0.2, 0.25) is 0 Å². The van der Waals surface area contributed by atoms with Crippen molar-refractivity contribution < 1.29 is 4.79 Å². The Labute approximate surface area is 129 Å². The summed E-state index contributed by atoms with van der Waals surface area (Å²) in [5, 5.41) is 6.62. The molecule has 4 heteroatoms. The molecular weight excluding hydrogens is 284 g/mol. The first-order chi connectivity index (χ1) is 10.2. The molecule has 3 rings (SSSR count). The number of rotatable bonds is 4. The third-order valence-corrected chi connectivity index (χ3v) is 4.20. The molecule has 0 spiro atoms. The highest BCUT2D eigenvalue weighted by molar-refractivity contribution is 6.31. The molecule has 108 valence electrons. The van der Waals surface area contributed by atoms with Crippen LogP contribution in [0.15, 0.2) is 54.6 Å². The average Bonchev–Trinajstić information content (AvgIpc) is 3.28. The zero-order chi connectivity index (χ0) is 14.7. The molecule has 0 aliphatic heterocycles. The van der Waals surface area contributed by atoms with E-state index in [1.54, 1.807) is 0 Å². The molecule has 0 heterocycles. The molecule has 2 N–H and O–H groups in total. The van der Waals surface area contributed by atoms with Crippen molar-refractivity contribution in [2.75, 3.05) is 0 Å². The highest BCUT2D eigenvalue weighted by Crippen LogP contribution is 2.45. The second-order valence-corrected chi connectivity index (χ2v) is 5.75. The fraction of sp³-hybridized carbons (Fsp3) is 0.235. The zero-order valence-corrected chi connectivity index (χ0v) is 12.4. The molecule has 0 aromatic heterocycles. The van der Waals surface area contributed by atoms with Gasteiger partial charge in [0.25, 0.3) is 0 Å². The number of benzene rings is 2. The van der Waals surface area contributed by atoms with Gasteiger partial charge < -0.3 is 10.6 Å². The van der Waals surface area contributed by atoms with E-state index < -0.39 is 0 Å². The van der Waals surface area contributed by atoms with Crippen LogP contribution in [0, 0.1) is 0 Å². The first kappa shape index (κ1) is 14.0. The van der Waals surface area contributed by atoms with E-state index in [4.69, 9.17) is 11.6 Å². The van der Waals surface area contributed by atoms with Crippen molar-refractivity contribution in [3.63, 3.8) is 0 Å². The molecule has 1 saturated carbocycles. The third kappa shape index (κ3) is 3.19. The predicted octanol–water partition coefficient (Wildman–Crippen LogP) is 3.83. The van der Waals surface area contributed by atoms with E-state index in [1.165, 1.54) is 0 Å². The molecule has 0 unspecified atom stereocenters. The van der Waals surface area contributed by atoms with Gasteiger partial charge in [0, 0.05) is 11.6 Å². The van der Waals surface area contributed by atoms with E-state index in [0.717, 1.165) is 24.0 Å². The maximum Gasteiger partial charge on any atom is 0.315 e. The molecule has 0 atom stereocenters. The fourth-order valence-electron chi connectivity index (χ4n) is 2.45. The van der Waals surface area contributed by atoms with Crippen LogP contribution in [0.2, 0.25) is 5.02 Å². The number of carbonyl (C=O) groups excluding carboxylic acids is 1. The van der Waals surface area contributed by atoms with Crippen molar-refractivity contribution in [3.05, 3.63) is 70.7 Å². The number of nitrogens with one attached hydrogen (secondary N) is 2. The highest BCUT2D eigenvalue weighted by Gasteiger charge is 2.45. The third-order valence-electron chi connectivity index (χ3n) is 3.83. The van der Waals surface area contributed by atoms with Gasteiger partial charge in [-0.15, -0.1) is 0 Å². The Morgan fingerprint density at radius 1 is 1.05 bits per heavy atom. The molecule has 2 amide bonds. The Kier molecular flexibility index (Phi) is 3.84. The summed E-state index contributed by atoms with van der Waals surface area (Å²) >= 11 is 6.08. The van der Waals surface area contributed by atoms with Crippen molar-refractivity contribution in [2.45, 2.75) is 24.9 Å². The molecule has 1 aliphatic rings. The van der Waals surface area contributed by atoms with Crippen LogP contribution >= 0.6 is 11.6 Å².